The number of aromatic nitrogens is 2. The predicted molar refractivity (Wildman–Crippen MR) is 134 cm³/mol. The normalized spacial score (nSPS) is 10.9. The Bertz CT molecular complexity index is 1410. The van der Waals surface area contributed by atoms with Crippen LogP contribution in [0.4, 0.5) is 5.69 Å². The molecule has 1 amide bonds. The van der Waals surface area contributed by atoms with E-state index in [1.165, 1.54) is 23.9 Å². The number of amides is 1. The first-order valence-electron chi connectivity index (χ1n) is 10.8. The van der Waals surface area contributed by atoms with Gasteiger partial charge in [0.1, 0.15) is 11.5 Å². The number of aryl methyl sites for hydroxylation is 2. The van der Waals surface area contributed by atoms with Gasteiger partial charge >= 0.3 is 0 Å². The third-order valence-corrected chi connectivity index (χ3v) is 6.46. The Balaban J connectivity index is 1.59. The highest BCUT2D eigenvalue weighted by atomic mass is 32.2. The van der Waals surface area contributed by atoms with E-state index in [9.17, 15) is 20.0 Å². The summed E-state index contributed by atoms with van der Waals surface area (Å²) in [5.74, 6) is 0.764. The van der Waals surface area contributed by atoms with E-state index in [2.05, 4.69) is 10.3 Å². The van der Waals surface area contributed by atoms with E-state index in [-0.39, 0.29) is 23.1 Å². The van der Waals surface area contributed by atoms with Gasteiger partial charge in [-0.3, -0.25) is 19.5 Å². The van der Waals surface area contributed by atoms with Crippen LogP contribution in [0.3, 0.4) is 0 Å². The van der Waals surface area contributed by atoms with E-state index in [1.807, 2.05) is 54.8 Å². The Kier molecular flexibility index (Phi) is 6.92. The van der Waals surface area contributed by atoms with Gasteiger partial charge in [0.25, 0.3) is 5.69 Å². The van der Waals surface area contributed by atoms with Gasteiger partial charge in [-0.2, -0.15) is 0 Å². The van der Waals surface area contributed by atoms with Gasteiger partial charge in [0.05, 0.1) is 34.5 Å². The number of nitrogens with zero attached hydrogens (tertiary/aromatic N) is 3. The fourth-order valence-corrected chi connectivity index (χ4v) is 4.68. The second kappa shape index (κ2) is 10.1. The minimum atomic E-state index is -0.464. The Hall–Kier alpha value is -4.05. The number of carbonyl (C=O) groups is 1. The molecule has 0 radical (unpaired) electrons. The molecule has 0 saturated carbocycles. The Morgan fingerprint density at radius 1 is 1.17 bits per heavy atom. The Morgan fingerprint density at radius 3 is 2.57 bits per heavy atom. The number of carbonyl (C=O) groups excluding carboxylic acids is 1. The zero-order valence-corrected chi connectivity index (χ0v) is 20.3. The monoisotopic (exact) mass is 492 g/mol. The molecule has 4 rings (SSSR count). The van der Waals surface area contributed by atoms with Crippen LogP contribution in [0, 0.1) is 24.0 Å². The van der Waals surface area contributed by atoms with Gasteiger partial charge in [-0.05, 0) is 48.7 Å². The molecule has 180 valence electrons. The maximum absolute atomic E-state index is 12.6. The molecule has 0 aliphatic rings. The summed E-state index contributed by atoms with van der Waals surface area (Å²) in [6, 6.07) is 15.5. The average molecular weight is 493 g/mol. The molecule has 0 spiro atoms. The number of para-hydroxylation sites is 2. The van der Waals surface area contributed by atoms with Crippen LogP contribution in [-0.2, 0) is 11.3 Å². The standard InChI is InChI=1S/C25H24N4O5S/c1-15-10-17(11-16(2)24(15)31)13-26-23(30)14-35-25-27-19-12-18(29(32)33)8-9-20(19)28(25)21-6-4-5-7-22(21)34-3/h4-12,31H,13-14H2,1-3H3,(H,26,30). The van der Waals surface area contributed by atoms with Gasteiger partial charge in [0.2, 0.25) is 5.91 Å². The summed E-state index contributed by atoms with van der Waals surface area (Å²) in [5, 5.41) is 24.6. The lowest BCUT2D eigenvalue weighted by Gasteiger charge is -2.13. The molecule has 1 heterocycles. The minimum absolute atomic E-state index is 0.0593. The number of fused-ring (bicyclic) bond motifs is 1. The van der Waals surface area contributed by atoms with Crippen LogP contribution in [0.1, 0.15) is 16.7 Å². The Morgan fingerprint density at radius 2 is 1.89 bits per heavy atom. The predicted octanol–water partition coefficient (Wildman–Crippen LogP) is 4.67. The van der Waals surface area contributed by atoms with Gasteiger partial charge in [-0.25, -0.2) is 4.98 Å². The van der Waals surface area contributed by atoms with E-state index in [0.717, 1.165) is 16.7 Å². The fraction of sp³-hybridized carbons (Fsp3) is 0.200. The van der Waals surface area contributed by atoms with Crippen LogP contribution < -0.4 is 10.1 Å². The number of hydrogen-bond donors (Lipinski definition) is 2. The number of nitro groups is 1. The van der Waals surface area contributed by atoms with E-state index >= 15 is 0 Å². The molecule has 1 aromatic heterocycles. The number of phenols is 1. The van der Waals surface area contributed by atoms with Crippen molar-refractivity contribution >= 4 is 34.4 Å². The van der Waals surface area contributed by atoms with Crippen molar-refractivity contribution in [2.24, 2.45) is 0 Å². The number of methoxy groups -OCH3 is 1. The Labute approximate surface area is 205 Å². The van der Waals surface area contributed by atoms with Crippen LogP contribution in [0.5, 0.6) is 11.5 Å². The molecule has 0 fully saturated rings. The largest absolute Gasteiger partial charge is 0.507 e. The molecule has 0 atom stereocenters. The van der Waals surface area contributed by atoms with E-state index in [1.54, 1.807) is 13.2 Å². The van der Waals surface area contributed by atoms with Crippen molar-refractivity contribution in [3.8, 4) is 17.2 Å². The van der Waals surface area contributed by atoms with Crippen LogP contribution in [0.2, 0.25) is 0 Å². The molecule has 2 N–H and O–H groups in total. The highest BCUT2D eigenvalue weighted by Gasteiger charge is 2.19. The molecule has 0 aliphatic heterocycles. The summed E-state index contributed by atoms with van der Waals surface area (Å²) >= 11 is 1.23. The lowest BCUT2D eigenvalue weighted by atomic mass is 10.1. The number of non-ortho nitro benzene ring substituents is 1. The molecule has 4 aromatic rings. The maximum atomic E-state index is 12.6. The number of rotatable bonds is 8. The zero-order chi connectivity index (χ0) is 25.1. The molecule has 0 unspecified atom stereocenters. The van der Waals surface area contributed by atoms with Crippen LogP contribution in [0.15, 0.2) is 59.8 Å². The van der Waals surface area contributed by atoms with Crippen molar-refractivity contribution in [3.05, 3.63) is 81.4 Å². The second-order valence-corrected chi connectivity index (χ2v) is 8.92. The van der Waals surface area contributed by atoms with Gasteiger partial charge in [0.15, 0.2) is 5.16 Å². The second-order valence-electron chi connectivity index (χ2n) is 7.98. The summed E-state index contributed by atoms with van der Waals surface area (Å²) in [6.07, 6.45) is 0. The first-order chi connectivity index (χ1) is 16.8. The molecule has 0 aliphatic carbocycles. The van der Waals surface area contributed by atoms with Crippen molar-refractivity contribution in [2.75, 3.05) is 12.9 Å². The van der Waals surface area contributed by atoms with Crippen molar-refractivity contribution in [1.29, 1.82) is 0 Å². The van der Waals surface area contributed by atoms with E-state index < -0.39 is 4.92 Å². The fourth-order valence-electron chi connectivity index (χ4n) is 3.83. The van der Waals surface area contributed by atoms with Gasteiger partial charge in [-0.1, -0.05) is 36.0 Å². The maximum Gasteiger partial charge on any atom is 0.271 e. The first-order valence-corrected chi connectivity index (χ1v) is 11.8. The molecule has 3 aromatic carbocycles. The smallest absolute Gasteiger partial charge is 0.271 e. The topological polar surface area (TPSA) is 120 Å². The van der Waals surface area contributed by atoms with Gasteiger partial charge in [-0.15, -0.1) is 0 Å². The third kappa shape index (κ3) is 5.07. The lowest BCUT2D eigenvalue weighted by Crippen LogP contribution is -2.24. The van der Waals surface area contributed by atoms with Crippen LogP contribution >= 0.6 is 11.8 Å². The molecule has 9 nitrogen and oxygen atoms in total. The number of nitro benzene ring substituents is 1. The molecular weight excluding hydrogens is 468 g/mol. The van der Waals surface area contributed by atoms with E-state index in [4.69, 9.17) is 4.74 Å². The van der Waals surface area contributed by atoms with Gasteiger partial charge in [0, 0.05) is 18.7 Å². The number of hydrogen-bond acceptors (Lipinski definition) is 7. The van der Waals surface area contributed by atoms with Crippen LogP contribution in [-0.4, -0.2) is 38.4 Å². The number of ether oxygens (including phenoxy) is 1. The van der Waals surface area contributed by atoms with Crippen molar-refractivity contribution in [3.63, 3.8) is 0 Å². The number of aromatic hydroxyl groups is 1. The minimum Gasteiger partial charge on any atom is -0.507 e. The summed E-state index contributed by atoms with van der Waals surface area (Å²) in [5.41, 5.74) is 4.16. The number of nitrogens with one attached hydrogen (secondary N) is 1. The molecule has 35 heavy (non-hydrogen) atoms. The molecular formula is C25H24N4O5S. The van der Waals surface area contributed by atoms with Crippen molar-refractivity contribution < 1.29 is 19.6 Å². The van der Waals surface area contributed by atoms with Gasteiger partial charge < -0.3 is 15.2 Å². The SMILES string of the molecule is COc1ccccc1-n1c(SCC(=O)NCc2cc(C)c(O)c(C)c2)nc2cc([N+](=O)[O-])ccc21. The third-order valence-electron chi connectivity index (χ3n) is 5.52. The highest BCUT2D eigenvalue weighted by molar-refractivity contribution is 7.99. The summed E-state index contributed by atoms with van der Waals surface area (Å²) in [7, 11) is 1.57. The zero-order valence-electron chi connectivity index (χ0n) is 19.4. The molecule has 0 saturated heterocycles. The van der Waals surface area contributed by atoms with Crippen molar-refractivity contribution in [2.45, 2.75) is 25.5 Å². The summed E-state index contributed by atoms with van der Waals surface area (Å²) < 4.78 is 7.35. The number of benzene rings is 3. The lowest BCUT2D eigenvalue weighted by molar-refractivity contribution is -0.384. The molecule has 0 bridgehead atoms. The summed E-state index contributed by atoms with van der Waals surface area (Å²) in [4.78, 5) is 28.0. The number of thioether (sulfide) groups is 1. The quantitative estimate of drug-likeness (QED) is 0.208. The number of phenolic OH excluding ortho intramolecular Hbond substituents is 1. The average Bonchev–Trinajstić information content (AvgIpc) is 3.21. The van der Waals surface area contributed by atoms with Crippen LogP contribution in [0.25, 0.3) is 16.7 Å². The first kappa shape index (κ1) is 24.1. The van der Waals surface area contributed by atoms with E-state index in [0.29, 0.717) is 34.2 Å². The molecule has 10 heteroatoms. The van der Waals surface area contributed by atoms with Crippen molar-refractivity contribution in [1.82, 2.24) is 14.9 Å². The number of imidazole rings is 1. The summed E-state index contributed by atoms with van der Waals surface area (Å²) in [6.45, 7) is 3.96. The highest BCUT2D eigenvalue weighted by Crippen LogP contribution is 2.33.